The van der Waals surface area contributed by atoms with Crippen molar-refractivity contribution in [2.45, 2.75) is 32.7 Å². The van der Waals surface area contributed by atoms with Gasteiger partial charge in [-0.2, -0.15) is 0 Å². The van der Waals surface area contributed by atoms with Gasteiger partial charge in [0, 0.05) is 16.8 Å². The van der Waals surface area contributed by atoms with Crippen LogP contribution in [-0.4, -0.2) is 6.04 Å². The van der Waals surface area contributed by atoms with Crippen LogP contribution in [0.25, 0.3) is 0 Å². The molecule has 2 unspecified atom stereocenters. The van der Waals surface area contributed by atoms with Gasteiger partial charge in [0.1, 0.15) is 0 Å². The Hall–Kier alpha value is -0.340. The number of aryl methyl sites for hydroxylation is 1. The van der Waals surface area contributed by atoms with Crippen molar-refractivity contribution in [3.63, 3.8) is 0 Å². The molecule has 0 aromatic carbocycles. The first kappa shape index (κ1) is 8.27. The molecule has 1 heterocycles. The zero-order valence-corrected chi connectivity index (χ0v) is 8.61. The van der Waals surface area contributed by atoms with Gasteiger partial charge in [-0.3, -0.25) is 0 Å². The summed E-state index contributed by atoms with van der Waals surface area (Å²) in [5.41, 5.74) is 7.76. The molecule has 66 valence electrons. The predicted molar refractivity (Wildman–Crippen MR) is 53.6 cm³/mol. The lowest BCUT2D eigenvalue weighted by atomic mass is 10.1. The first-order valence-corrected chi connectivity index (χ1v) is 5.22. The van der Waals surface area contributed by atoms with Gasteiger partial charge in [-0.25, -0.2) is 0 Å². The summed E-state index contributed by atoms with van der Waals surface area (Å²) in [6.45, 7) is 6.64. The first-order chi connectivity index (χ1) is 5.53. The molecule has 0 aliphatic heterocycles. The van der Waals surface area contributed by atoms with Gasteiger partial charge in [-0.1, -0.05) is 13.8 Å². The lowest BCUT2D eigenvalue weighted by Crippen LogP contribution is -2.06. The predicted octanol–water partition coefficient (Wildman–Crippen LogP) is 2.51. The normalized spacial score (nSPS) is 32.0. The Bertz CT molecular complexity index is 301. The van der Waals surface area contributed by atoms with E-state index in [1.807, 2.05) is 11.3 Å². The Balaban J connectivity index is 2.24. The van der Waals surface area contributed by atoms with Crippen molar-refractivity contribution in [3.05, 3.63) is 21.9 Å². The van der Waals surface area contributed by atoms with Crippen molar-refractivity contribution in [1.82, 2.24) is 0 Å². The van der Waals surface area contributed by atoms with E-state index in [1.54, 1.807) is 0 Å². The molecule has 1 saturated carbocycles. The monoisotopic (exact) mass is 181 g/mol. The van der Waals surface area contributed by atoms with Crippen LogP contribution in [0.15, 0.2) is 11.4 Å². The van der Waals surface area contributed by atoms with E-state index in [2.05, 4.69) is 32.2 Å². The number of nitrogens with two attached hydrogens (primary N) is 1. The molecule has 1 nitrogen and oxygen atoms in total. The van der Waals surface area contributed by atoms with Crippen LogP contribution in [0.1, 0.15) is 30.2 Å². The molecule has 1 aromatic heterocycles. The van der Waals surface area contributed by atoms with Gasteiger partial charge in [-0.15, -0.1) is 11.3 Å². The molecule has 0 amide bonds. The molecule has 1 fully saturated rings. The quantitative estimate of drug-likeness (QED) is 0.708. The second-order valence-electron chi connectivity index (χ2n) is 4.32. The SMILES string of the molecule is Cc1cc(C2C(N)C2(C)C)cs1. The maximum atomic E-state index is 5.99. The zero-order chi connectivity index (χ0) is 8.93. The largest absolute Gasteiger partial charge is 0.327 e. The van der Waals surface area contributed by atoms with Crippen molar-refractivity contribution in [3.8, 4) is 0 Å². The minimum atomic E-state index is 0.327. The summed E-state index contributed by atoms with van der Waals surface area (Å²) in [5, 5.41) is 2.24. The lowest BCUT2D eigenvalue weighted by molar-refractivity contribution is 0.599. The molecular weight excluding hydrogens is 166 g/mol. The zero-order valence-electron chi connectivity index (χ0n) is 7.79. The molecule has 1 aromatic rings. The molecule has 2 N–H and O–H groups in total. The fourth-order valence-corrected chi connectivity index (χ4v) is 2.68. The molecular formula is C10H15NS. The number of thiophene rings is 1. The molecule has 1 aliphatic rings. The molecule has 0 saturated heterocycles. The Morgan fingerprint density at radius 2 is 2.08 bits per heavy atom. The molecule has 12 heavy (non-hydrogen) atoms. The maximum absolute atomic E-state index is 5.99. The van der Waals surface area contributed by atoms with Crippen molar-refractivity contribution in [2.75, 3.05) is 0 Å². The Labute approximate surface area is 77.6 Å². The van der Waals surface area contributed by atoms with Gasteiger partial charge >= 0.3 is 0 Å². The van der Waals surface area contributed by atoms with E-state index in [1.165, 1.54) is 10.4 Å². The topological polar surface area (TPSA) is 26.0 Å². The highest BCUT2D eigenvalue weighted by Crippen LogP contribution is 2.57. The Kier molecular flexibility index (Phi) is 1.61. The standard InChI is InChI=1S/C10H15NS/c1-6-4-7(5-12-6)8-9(11)10(8,2)3/h4-5,8-9H,11H2,1-3H3. The number of rotatable bonds is 1. The highest BCUT2D eigenvalue weighted by Gasteiger charge is 2.56. The third kappa shape index (κ3) is 1.02. The summed E-state index contributed by atoms with van der Waals surface area (Å²) >= 11 is 1.82. The number of hydrogen-bond acceptors (Lipinski definition) is 2. The Morgan fingerprint density at radius 1 is 1.50 bits per heavy atom. The third-order valence-corrected chi connectivity index (χ3v) is 3.90. The fourth-order valence-electron chi connectivity index (χ4n) is 1.94. The maximum Gasteiger partial charge on any atom is 0.0172 e. The van der Waals surface area contributed by atoms with Crippen LogP contribution in [-0.2, 0) is 0 Å². The van der Waals surface area contributed by atoms with E-state index in [0.717, 1.165) is 0 Å². The van der Waals surface area contributed by atoms with Gasteiger partial charge < -0.3 is 5.73 Å². The van der Waals surface area contributed by atoms with Crippen molar-refractivity contribution in [2.24, 2.45) is 11.1 Å². The van der Waals surface area contributed by atoms with Gasteiger partial charge in [-0.05, 0) is 29.3 Å². The third-order valence-electron chi connectivity index (χ3n) is 3.02. The van der Waals surface area contributed by atoms with Crippen LogP contribution in [0.4, 0.5) is 0 Å². The molecule has 2 heteroatoms. The van der Waals surface area contributed by atoms with E-state index in [9.17, 15) is 0 Å². The van der Waals surface area contributed by atoms with E-state index >= 15 is 0 Å². The summed E-state index contributed by atoms with van der Waals surface area (Å²) in [5.74, 6) is 0.599. The van der Waals surface area contributed by atoms with Crippen LogP contribution >= 0.6 is 11.3 Å². The molecule has 0 bridgehead atoms. The van der Waals surface area contributed by atoms with Crippen LogP contribution in [0.3, 0.4) is 0 Å². The van der Waals surface area contributed by atoms with Crippen molar-refractivity contribution in [1.29, 1.82) is 0 Å². The molecule has 0 spiro atoms. The van der Waals surface area contributed by atoms with Crippen LogP contribution in [0.5, 0.6) is 0 Å². The summed E-state index contributed by atoms with van der Waals surface area (Å²) < 4.78 is 0. The molecule has 2 rings (SSSR count). The average molecular weight is 181 g/mol. The van der Waals surface area contributed by atoms with E-state index in [0.29, 0.717) is 17.4 Å². The average Bonchev–Trinajstić information content (AvgIpc) is 2.38. The molecule has 1 aliphatic carbocycles. The van der Waals surface area contributed by atoms with E-state index < -0.39 is 0 Å². The van der Waals surface area contributed by atoms with Gasteiger partial charge in [0.05, 0.1) is 0 Å². The second-order valence-corrected chi connectivity index (χ2v) is 5.43. The fraction of sp³-hybridized carbons (Fsp3) is 0.600. The molecule has 0 radical (unpaired) electrons. The smallest absolute Gasteiger partial charge is 0.0172 e. The highest BCUT2D eigenvalue weighted by atomic mass is 32.1. The summed E-state index contributed by atoms with van der Waals surface area (Å²) in [7, 11) is 0. The van der Waals surface area contributed by atoms with Crippen LogP contribution in [0, 0.1) is 12.3 Å². The minimum absolute atomic E-state index is 0.327. The van der Waals surface area contributed by atoms with E-state index in [-0.39, 0.29) is 0 Å². The molecule has 2 atom stereocenters. The summed E-state index contributed by atoms with van der Waals surface area (Å²) in [4.78, 5) is 1.39. The van der Waals surface area contributed by atoms with Gasteiger partial charge in [0.15, 0.2) is 0 Å². The van der Waals surface area contributed by atoms with Crippen LogP contribution in [0.2, 0.25) is 0 Å². The van der Waals surface area contributed by atoms with Crippen molar-refractivity contribution >= 4 is 11.3 Å². The van der Waals surface area contributed by atoms with Gasteiger partial charge in [0.25, 0.3) is 0 Å². The summed E-state index contributed by atoms with van der Waals surface area (Å²) in [6, 6.07) is 2.63. The first-order valence-electron chi connectivity index (χ1n) is 4.34. The van der Waals surface area contributed by atoms with Crippen LogP contribution < -0.4 is 5.73 Å². The summed E-state index contributed by atoms with van der Waals surface area (Å²) in [6.07, 6.45) is 0. The van der Waals surface area contributed by atoms with Gasteiger partial charge in [0.2, 0.25) is 0 Å². The lowest BCUT2D eigenvalue weighted by Gasteiger charge is -1.97. The van der Waals surface area contributed by atoms with Crippen molar-refractivity contribution < 1.29 is 0 Å². The second kappa shape index (κ2) is 2.33. The minimum Gasteiger partial charge on any atom is -0.327 e. The van der Waals surface area contributed by atoms with E-state index in [4.69, 9.17) is 5.73 Å². The highest BCUT2D eigenvalue weighted by molar-refractivity contribution is 7.10. The Morgan fingerprint density at radius 3 is 2.42 bits per heavy atom. The number of hydrogen-bond donors (Lipinski definition) is 1.